The summed E-state index contributed by atoms with van der Waals surface area (Å²) in [4.78, 5) is 4.67. The molecule has 0 aromatic heterocycles. The van der Waals surface area contributed by atoms with Crippen molar-refractivity contribution >= 4 is 0 Å². The number of nitriles is 1. The van der Waals surface area contributed by atoms with Crippen molar-refractivity contribution in [3.05, 3.63) is 0 Å². The third-order valence-electron chi connectivity index (χ3n) is 2.42. The molecule has 0 saturated carbocycles. The number of rotatable bonds is 2. The maximum atomic E-state index is 8.53. The van der Waals surface area contributed by atoms with Crippen molar-refractivity contribution in [3.63, 3.8) is 0 Å². The molecule has 1 rings (SSSR count). The summed E-state index contributed by atoms with van der Waals surface area (Å²) in [6, 6.07) is 2.21. The predicted molar refractivity (Wildman–Crippen MR) is 48.8 cm³/mol. The van der Waals surface area contributed by atoms with Crippen LogP contribution in [0.4, 0.5) is 0 Å². The van der Waals surface area contributed by atoms with E-state index in [4.69, 9.17) is 5.26 Å². The maximum absolute atomic E-state index is 8.53. The van der Waals surface area contributed by atoms with Crippen molar-refractivity contribution in [3.8, 4) is 6.07 Å². The summed E-state index contributed by atoms with van der Waals surface area (Å²) in [5.74, 6) is 0. The van der Waals surface area contributed by atoms with Crippen LogP contribution in [0, 0.1) is 11.3 Å². The van der Waals surface area contributed by atoms with Crippen LogP contribution in [-0.2, 0) is 0 Å². The minimum Gasteiger partial charge on any atom is -0.302 e. The lowest BCUT2D eigenvalue weighted by atomic mass is 10.4. The molecule has 1 fully saturated rings. The molecule has 0 aliphatic carbocycles. The summed E-state index contributed by atoms with van der Waals surface area (Å²) in [7, 11) is 0. The Balaban J connectivity index is 2.30. The van der Waals surface area contributed by atoms with Crippen LogP contribution < -0.4 is 0 Å². The lowest BCUT2D eigenvalue weighted by molar-refractivity contribution is 0.279. The normalized spacial score (nSPS) is 21.7. The van der Waals surface area contributed by atoms with E-state index in [1.807, 2.05) is 0 Å². The lowest BCUT2D eigenvalue weighted by Gasteiger charge is -2.17. The largest absolute Gasteiger partial charge is 0.302 e. The Morgan fingerprint density at radius 2 is 1.83 bits per heavy atom. The van der Waals surface area contributed by atoms with E-state index in [0.717, 1.165) is 26.2 Å². The molecule has 3 nitrogen and oxygen atoms in total. The topological polar surface area (TPSA) is 30.3 Å². The molecule has 3 heteroatoms. The quantitative estimate of drug-likeness (QED) is 0.562. The van der Waals surface area contributed by atoms with Gasteiger partial charge >= 0.3 is 0 Å². The van der Waals surface area contributed by atoms with Gasteiger partial charge in [-0.3, -0.25) is 4.90 Å². The summed E-state index contributed by atoms with van der Waals surface area (Å²) >= 11 is 0. The van der Waals surface area contributed by atoms with Crippen molar-refractivity contribution < 1.29 is 0 Å². The van der Waals surface area contributed by atoms with Gasteiger partial charge in [0, 0.05) is 19.6 Å². The first-order chi connectivity index (χ1) is 5.86. The molecule has 0 bridgehead atoms. The van der Waals surface area contributed by atoms with E-state index in [1.165, 1.54) is 13.0 Å². The van der Waals surface area contributed by atoms with Gasteiger partial charge in [-0.15, -0.1) is 0 Å². The average Bonchev–Trinajstić information content (AvgIpc) is 2.31. The van der Waals surface area contributed by atoms with Gasteiger partial charge in [0.1, 0.15) is 0 Å². The Hall–Kier alpha value is -0.590. The Bertz CT molecular complexity index is 162. The zero-order valence-corrected chi connectivity index (χ0v) is 7.79. The molecule has 1 aliphatic rings. The highest BCUT2D eigenvalue weighted by molar-refractivity contribution is 4.79. The highest BCUT2D eigenvalue weighted by Crippen LogP contribution is 2.01. The summed E-state index contributed by atoms with van der Waals surface area (Å²) in [5, 5.41) is 8.53. The van der Waals surface area contributed by atoms with Gasteiger partial charge in [0.25, 0.3) is 0 Å². The standard InChI is InChI=1S/C9H17N3/c1-2-11-5-3-6-12(7-4-10)9-8-11/h2-3,5-9H2,1H3. The van der Waals surface area contributed by atoms with Gasteiger partial charge in [-0.05, 0) is 19.5 Å². The first-order valence-corrected chi connectivity index (χ1v) is 4.68. The zero-order chi connectivity index (χ0) is 8.81. The van der Waals surface area contributed by atoms with Crippen LogP contribution in [0.1, 0.15) is 13.3 Å². The van der Waals surface area contributed by atoms with E-state index in [2.05, 4.69) is 22.8 Å². The van der Waals surface area contributed by atoms with Crippen molar-refractivity contribution in [2.45, 2.75) is 13.3 Å². The molecule has 0 radical (unpaired) electrons. The zero-order valence-electron chi connectivity index (χ0n) is 7.79. The molecule has 0 unspecified atom stereocenters. The first-order valence-electron chi connectivity index (χ1n) is 4.68. The van der Waals surface area contributed by atoms with Gasteiger partial charge in [-0.25, -0.2) is 0 Å². The molecule has 1 heterocycles. The first kappa shape index (κ1) is 9.50. The Labute approximate surface area is 74.6 Å². The van der Waals surface area contributed by atoms with Gasteiger partial charge < -0.3 is 4.90 Å². The second-order valence-electron chi connectivity index (χ2n) is 3.22. The molecule has 12 heavy (non-hydrogen) atoms. The molecule has 0 atom stereocenters. The summed E-state index contributed by atoms with van der Waals surface area (Å²) in [6.45, 7) is 8.39. The fourth-order valence-electron chi connectivity index (χ4n) is 1.60. The van der Waals surface area contributed by atoms with Crippen LogP contribution in [0.2, 0.25) is 0 Å². The van der Waals surface area contributed by atoms with E-state index in [1.54, 1.807) is 0 Å². The van der Waals surface area contributed by atoms with Crippen molar-refractivity contribution in [2.24, 2.45) is 0 Å². The second kappa shape index (κ2) is 5.13. The molecule has 0 amide bonds. The van der Waals surface area contributed by atoms with E-state index in [9.17, 15) is 0 Å². The third-order valence-corrected chi connectivity index (χ3v) is 2.42. The van der Waals surface area contributed by atoms with Gasteiger partial charge in [0.05, 0.1) is 12.6 Å². The van der Waals surface area contributed by atoms with E-state index < -0.39 is 0 Å². The molecule has 1 saturated heterocycles. The molecule has 0 spiro atoms. The van der Waals surface area contributed by atoms with Crippen LogP contribution >= 0.6 is 0 Å². The number of hydrogen-bond donors (Lipinski definition) is 0. The fourth-order valence-corrected chi connectivity index (χ4v) is 1.60. The number of likely N-dealkylation sites (N-methyl/N-ethyl adjacent to an activating group) is 1. The molecule has 68 valence electrons. The highest BCUT2D eigenvalue weighted by Gasteiger charge is 2.12. The monoisotopic (exact) mass is 167 g/mol. The van der Waals surface area contributed by atoms with E-state index in [-0.39, 0.29) is 0 Å². The molecule has 1 aliphatic heterocycles. The Morgan fingerprint density at radius 1 is 1.17 bits per heavy atom. The van der Waals surface area contributed by atoms with Gasteiger partial charge in [0.2, 0.25) is 0 Å². The van der Waals surface area contributed by atoms with Gasteiger partial charge in [-0.1, -0.05) is 6.92 Å². The molecule has 0 aromatic carbocycles. The number of nitrogens with zero attached hydrogens (tertiary/aromatic N) is 3. The average molecular weight is 167 g/mol. The minimum atomic E-state index is 0.595. The smallest absolute Gasteiger partial charge is 0.0866 e. The second-order valence-corrected chi connectivity index (χ2v) is 3.22. The fraction of sp³-hybridized carbons (Fsp3) is 0.889. The van der Waals surface area contributed by atoms with Crippen LogP contribution in [0.3, 0.4) is 0 Å². The van der Waals surface area contributed by atoms with Crippen LogP contribution in [-0.4, -0.2) is 49.1 Å². The minimum absolute atomic E-state index is 0.595. The predicted octanol–water partition coefficient (Wildman–Crippen LogP) is 0.538. The Kier molecular flexibility index (Phi) is 4.06. The van der Waals surface area contributed by atoms with Crippen LogP contribution in [0.15, 0.2) is 0 Å². The number of hydrogen-bond acceptors (Lipinski definition) is 3. The summed E-state index contributed by atoms with van der Waals surface area (Å²) in [5.41, 5.74) is 0. The molecular formula is C9H17N3. The Morgan fingerprint density at radius 3 is 2.50 bits per heavy atom. The third kappa shape index (κ3) is 2.80. The van der Waals surface area contributed by atoms with Crippen LogP contribution in [0.5, 0.6) is 0 Å². The van der Waals surface area contributed by atoms with Crippen LogP contribution in [0.25, 0.3) is 0 Å². The van der Waals surface area contributed by atoms with Gasteiger partial charge in [-0.2, -0.15) is 5.26 Å². The van der Waals surface area contributed by atoms with Crippen molar-refractivity contribution in [2.75, 3.05) is 39.3 Å². The summed E-state index contributed by atoms with van der Waals surface area (Å²) in [6.07, 6.45) is 1.20. The molecule has 0 N–H and O–H groups in total. The van der Waals surface area contributed by atoms with Crippen molar-refractivity contribution in [1.29, 1.82) is 5.26 Å². The SMILES string of the molecule is CCN1CCCN(CC#N)CC1. The van der Waals surface area contributed by atoms with E-state index >= 15 is 0 Å². The lowest BCUT2D eigenvalue weighted by Crippen LogP contribution is -2.30. The maximum Gasteiger partial charge on any atom is 0.0866 e. The highest BCUT2D eigenvalue weighted by atomic mass is 15.2. The molecular weight excluding hydrogens is 150 g/mol. The van der Waals surface area contributed by atoms with E-state index in [0.29, 0.717) is 6.54 Å². The summed E-state index contributed by atoms with van der Waals surface area (Å²) < 4.78 is 0. The van der Waals surface area contributed by atoms with Crippen molar-refractivity contribution in [1.82, 2.24) is 9.80 Å². The molecule has 0 aromatic rings. The van der Waals surface area contributed by atoms with Gasteiger partial charge in [0.15, 0.2) is 0 Å².